The molecule has 2 unspecified atom stereocenters. The molecule has 1 nitrogen and oxygen atoms in total. The van der Waals surface area contributed by atoms with Gasteiger partial charge in [0.25, 0.3) is 0 Å². The first-order chi connectivity index (χ1) is 6.19. The van der Waals surface area contributed by atoms with Crippen molar-refractivity contribution >= 4 is 28.6 Å². The highest BCUT2D eigenvalue weighted by atomic mass is 79.9. The van der Waals surface area contributed by atoms with Gasteiger partial charge in [0.2, 0.25) is 0 Å². The van der Waals surface area contributed by atoms with Gasteiger partial charge in [0, 0.05) is 11.4 Å². The predicted molar refractivity (Wildman–Crippen MR) is 69.7 cm³/mol. The van der Waals surface area contributed by atoms with Crippen molar-refractivity contribution < 1.29 is 0 Å². The van der Waals surface area contributed by atoms with Crippen molar-refractivity contribution in [1.29, 1.82) is 0 Å². The zero-order chi connectivity index (χ0) is 9.73. The van der Waals surface area contributed by atoms with Crippen LogP contribution in [-0.4, -0.2) is 18.0 Å². The van der Waals surface area contributed by atoms with Crippen LogP contribution < -0.4 is 5.32 Å². The Hall–Kier alpha value is 0.730. The molecule has 1 saturated carbocycles. The van der Waals surface area contributed by atoms with E-state index in [1.165, 1.54) is 25.7 Å². The van der Waals surface area contributed by atoms with Gasteiger partial charge in [-0.1, -0.05) is 19.8 Å². The fourth-order valence-electron chi connectivity index (χ4n) is 2.21. The predicted octanol–water partition coefficient (Wildman–Crippen LogP) is 3.75. The van der Waals surface area contributed by atoms with Crippen molar-refractivity contribution in [3.63, 3.8) is 0 Å². The van der Waals surface area contributed by atoms with E-state index in [0.29, 0.717) is 5.54 Å². The molecule has 2 atom stereocenters. The van der Waals surface area contributed by atoms with Gasteiger partial charge in [-0.05, 0) is 38.6 Å². The second-order valence-corrected chi connectivity index (χ2v) is 4.91. The molecule has 0 amide bonds. The number of hydrogen-bond donors (Lipinski definition) is 1. The topological polar surface area (TPSA) is 12.0 Å². The highest BCUT2D eigenvalue weighted by molar-refractivity contribution is 8.93. The largest absolute Gasteiger partial charge is 0.311 e. The summed E-state index contributed by atoms with van der Waals surface area (Å²) in [6.07, 6.45) is 6.59. The third-order valence-electron chi connectivity index (χ3n) is 3.51. The lowest BCUT2D eigenvalue weighted by atomic mass is 9.75. The van der Waals surface area contributed by atoms with E-state index >= 15 is 0 Å². The summed E-state index contributed by atoms with van der Waals surface area (Å²) in [5.74, 6) is 1.59. The Bertz CT molecular complexity index is 154. The van der Waals surface area contributed by atoms with Gasteiger partial charge in [-0.15, -0.1) is 28.6 Å². The molecule has 0 aliphatic heterocycles. The zero-order valence-corrected chi connectivity index (χ0v) is 11.8. The van der Waals surface area contributed by atoms with Gasteiger partial charge < -0.3 is 5.32 Å². The van der Waals surface area contributed by atoms with Gasteiger partial charge in [0.1, 0.15) is 0 Å². The molecule has 3 heteroatoms. The first-order valence-electron chi connectivity index (χ1n) is 5.50. The number of halogens is 2. The fraction of sp³-hybridized carbons (Fsp3) is 1.00. The summed E-state index contributed by atoms with van der Waals surface area (Å²) in [6.45, 7) is 5.81. The zero-order valence-electron chi connectivity index (χ0n) is 9.31. The molecule has 1 aliphatic rings. The molecule has 0 radical (unpaired) electrons. The van der Waals surface area contributed by atoms with Crippen LogP contribution in [0.25, 0.3) is 0 Å². The maximum atomic E-state index is 5.66. The molecule has 0 saturated heterocycles. The molecule has 86 valence electrons. The maximum Gasteiger partial charge on any atom is 0.0235 e. The molecule has 0 aromatic rings. The minimum Gasteiger partial charge on any atom is -0.311 e. The summed E-state index contributed by atoms with van der Waals surface area (Å²) in [6, 6.07) is 0. The average Bonchev–Trinajstić information content (AvgIpc) is 2.11. The Balaban J connectivity index is 0.00000169. The van der Waals surface area contributed by atoms with E-state index in [4.69, 9.17) is 11.6 Å². The quantitative estimate of drug-likeness (QED) is 0.612. The SMILES string of the molecule is Br.CC1CCCCC1(C)NCCCCl. The van der Waals surface area contributed by atoms with Crippen LogP contribution in [0.15, 0.2) is 0 Å². The second-order valence-electron chi connectivity index (χ2n) is 4.53. The Morgan fingerprint density at radius 1 is 1.43 bits per heavy atom. The minimum absolute atomic E-state index is 0. The van der Waals surface area contributed by atoms with Crippen LogP contribution in [0, 0.1) is 5.92 Å². The molecule has 0 aromatic heterocycles. The number of nitrogens with one attached hydrogen (secondary N) is 1. The summed E-state index contributed by atoms with van der Waals surface area (Å²) in [4.78, 5) is 0. The second kappa shape index (κ2) is 7.08. The molecule has 14 heavy (non-hydrogen) atoms. The summed E-state index contributed by atoms with van der Waals surface area (Å²) in [5, 5.41) is 3.66. The lowest BCUT2D eigenvalue weighted by molar-refractivity contribution is 0.175. The van der Waals surface area contributed by atoms with Crippen molar-refractivity contribution in [1.82, 2.24) is 5.32 Å². The first-order valence-corrected chi connectivity index (χ1v) is 6.03. The van der Waals surface area contributed by atoms with Gasteiger partial charge >= 0.3 is 0 Å². The van der Waals surface area contributed by atoms with Crippen molar-refractivity contribution in [2.75, 3.05) is 12.4 Å². The minimum atomic E-state index is 0. The summed E-state index contributed by atoms with van der Waals surface area (Å²) < 4.78 is 0. The monoisotopic (exact) mass is 283 g/mol. The van der Waals surface area contributed by atoms with Crippen LogP contribution in [0.1, 0.15) is 46.0 Å². The molecule has 0 bridgehead atoms. The average molecular weight is 285 g/mol. The Labute approximate surface area is 104 Å². The van der Waals surface area contributed by atoms with Crippen molar-refractivity contribution in [3.05, 3.63) is 0 Å². The Morgan fingerprint density at radius 3 is 2.71 bits per heavy atom. The molecule has 1 fully saturated rings. The Morgan fingerprint density at radius 2 is 2.14 bits per heavy atom. The Kier molecular flexibility index (Phi) is 7.45. The van der Waals surface area contributed by atoms with Crippen molar-refractivity contribution in [2.24, 2.45) is 5.92 Å². The fourth-order valence-corrected chi connectivity index (χ4v) is 2.34. The van der Waals surface area contributed by atoms with Crippen LogP contribution in [-0.2, 0) is 0 Å². The third kappa shape index (κ3) is 4.08. The van der Waals surface area contributed by atoms with E-state index < -0.39 is 0 Å². The number of hydrogen-bond acceptors (Lipinski definition) is 1. The lowest BCUT2D eigenvalue weighted by Gasteiger charge is -2.40. The lowest BCUT2D eigenvalue weighted by Crippen LogP contribution is -2.49. The van der Waals surface area contributed by atoms with E-state index in [0.717, 1.165) is 24.8 Å². The third-order valence-corrected chi connectivity index (χ3v) is 3.78. The number of alkyl halides is 1. The van der Waals surface area contributed by atoms with E-state index in [2.05, 4.69) is 19.2 Å². The van der Waals surface area contributed by atoms with Crippen LogP contribution in [0.4, 0.5) is 0 Å². The molecule has 1 rings (SSSR count). The van der Waals surface area contributed by atoms with Gasteiger partial charge in [-0.3, -0.25) is 0 Å². The number of rotatable bonds is 4. The highest BCUT2D eigenvalue weighted by Crippen LogP contribution is 2.32. The van der Waals surface area contributed by atoms with Crippen LogP contribution in [0.2, 0.25) is 0 Å². The van der Waals surface area contributed by atoms with E-state index in [9.17, 15) is 0 Å². The van der Waals surface area contributed by atoms with Crippen molar-refractivity contribution in [3.8, 4) is 0 Å². The molecule has 0 spiro atoms. The van der Waals surface area contributed by atoms with E-state index in [1.54, 1.807) is 0 Å². The van der Waals surface area contributed by atoms with E-state index in [-0.39, 0.29) is 17.0 Å². The van der Waals surface area contributed by atoms with Gasteiger partial charge in [0.05, 0.1) is 0 Å². The van der Waals surface area contributed by atoms with Crippen LogP contribution in [0.3, 0.4) is 0 Å². The summed E-state index contributed by atoms with van der Waals surface area (Å²) >= 11 is 5.66. The molecule has 0 aromatic carbocycles. The molecule has 1 N–H and O–H groups in total. The molecular formula is C11H23BrClN. The van der Waals surface area contributed by atoms with Crippen molar-refractivity contribution in [2.45, 2.75) is 51.5 Å². The van der Waals surface area contributed by atoms with Gasteiger partial charge in [-0.2, -0.15) is 0 Å². The van der Waals surface area contributed by atoms with Gasteiger partial charge in [-0.25, -0.2) is 0 Å². The molecular weight excluding hydrogens is 261 g/mol. The van der Waals surface area contributed by atoms with Gasteiger partial charge in [0.15, 0.2) is 0 Å². The summed E-state index contributed by atoms with van der Waals surface area (Å²) in [5.41, 5.74) is 0.379. The summed E-state index contributed by atoms with van der Waals surface area (Å²) in [7, 11) is 0. The maximum absolute atomic E-state index is 5.66. The highest BCUT2D eigenvalue weighted by Gasteiger charge is 2.32. The normalized spacial score (nSPS) is 32.4. The van der Waals surface area contributed by atoms with E-state index in [1.807, 2.05) is 0 Å². The molecule has 0 heterocycles. The van der Waals surface area contributed by atoms with Crippen LogP contribution >= 0.6 is 28.6 Å². The first kappa shape index (κ1) is 14.7. The van der Waals surface area contributed by atoms with Crippen LogP contribution in [0.5, 0.6) is 0 Å². The smallest absolute Gasteiger partial charge is 0.0235 e. The molecule has 1 aliphatic carbocycles. The standard InChI is InChI=1S/C11H22ClN.BrH/c1-10-6-3-4-7-11(10,2)13-9-5-8-12;/h10,13H,3-9H2,1-2H3;1H.